The summed E-state index contributed by atoms with van der Waals surface area (Å²) in [6.07, 6.45) is 6.13. The van der Waals surface area contributed by atoms with Crippen LogP contribution in [0.25, 0.3) is 0 Å². The molecule has 1 aliphatic heterocycles. The molecular formula is C20H25N7OS. The summed E-state index contributed by atoms with van der Waals surface area (Å²) in [5.41, 5.74) is 4.41. The van der Waals surface area contributed by atoms with Crippen molar-refractivity contribution < 1.29 is 4.74 Å². The molecule has 0 unspecified atom stereocenters. The number of ether oxygens (including phenoxy) is 1. The van der Waals surface area contributed by atoms with Crippen LogP contribution in [0, 0.1) is 13.8 Å². The van der Waals surface area contributed by atoms with Crippen LogP contribution in [0.15, 0.2) is 43.1 Å². The molecule has 152 valence electrons. The van der Waals surface area contributed by atoms with Crippen molar-refractivity contribution in [2.45, 2.75) is 32.4 Å². The fraction of sp³-hybridized carbons (Fsp3) is 0.400. The molecule has 0 bridgehead atoms. The Kier molecular flexibility index (Phi) is 5.59. The number of rotatable bonds is 7. The maximum atomic E-state index is 5.72. The van der Waals surface area contributed by atoms with Crippen molar-refractivity contribution in [2.75, 3.05) is 20.3 Å². The van der Waals surface area contributed by atoms with Gasteiger partial charge < -0.3 is 15.0 Å². The number of thiocarbonyl (C=S) groups is 1. The van der Waals surface area contributed by atoms with Gasteiger partial charge >= 0.3 is 0 Å². The van der Waals surface area contributed by atoms with Crippen molar-refractivity contribution in [2.24, 2.45) is 0 Å². The van der Waals surface area contributed by atoms with E-state index in [4.69, 9.17) is 17.0 Å². The monoisotopic (exact) mass is 411 g/mol. The SMILES string of the molecule is COCCCN1C(=S)N[C@H](c2ccccn2)[C@@H]1c1cc(C)n(-n2cnnc2)c1C. The highest BCUT2D eigenvalue weighted by molar-refractivity contribution is 7.80. The van der Waals surface area contributed by atoms with E-state index in [2.05, 4.69) is 50.0 Å². The Morgan fingerprint density at radius 2 is 2.00 bits per heavy atom. The van der Waals surface area contributed by atoms with Crippen molar-refractivity contribution in [3.8, 4) is 0 Å². The standard InChI is InChI=1S/C20H25N7OS/c1-14-11-16(15(2)27(14)25-12-22-23-13-25)19-18(17-7-4-5-8-21-17)24-20(29)26(19)9-6-10-28-3/h4-5,7-8,11-13,18-19H,6,9-10H2,1-3H3,(H,24,29)/t18-,19+/m1/s1. The fourth-order valence-electron chi connectivity index (χ4n) is 4.09. The lowest BCUT2D eigenvalue weighted by atomic mass is 9.96. The lowest BCUT2D eigenvalue weighted by Gasteiger charge is -2.28. The topological polar surface area (TPSA) is 73.0 Å². The lowest BCUT2D eigenvalue weighted by molar-refractivity contribution is 0.180. The van der Waals surface area contributed by atoms with Gasteiger partial charge in [0.2, 0.25) is 0 Å². The zero-order chi connectivity index (χ0) is 20.4. The molecule has 1 aliphatic rings. The number of aryl methyl sites for hydroxylation is 1. The Balaban J connectivity index is 1.77. The summed E-state index contributed by atoms with van der Waals surface area (Å²) < 4.78 is 9.26. The van der Waals surface area contributed by atoms with Gasteiger partial charge in [-0.3, -0.25) is 9.66 Å². The average molecular weight is 412 g/mol. The Bertz CT molecular complexity index is 970. The van der Waals surface area contributed by atoms with Crippen molar-refractivity contribution >= 4 is 17.3 Å². The van der Waals surface area contributed by atoms with E-state index in [-0.39, 0.29) is 12.1 Å². The smallest absolute Gasteiger partial charge is 0.170 e. The number of nitrogens with one attached hydrogen (secondary N) is 1. The summed E-state index contributed by atoms with van der Waals surface area (Å²) in [6, 6.07) is 8.21. The van der Waals surface area contributed by atoms with Crippen molar-refractivity contribution in [3.05, 3.63) is 65.8 Å². The van der Waals surface area contributed by atoms with Gasteiger partial charge in [0.05, 0.1) is 17.8 Å². The van der Waals surface area contributed by atoms with Gasteiger partial charge in [-0.05, 0) is 50.7 Å². The van der Waals surface area contributed by atoms with E-state index in [0.29, 0.717) is 6.61 Å². The highest BCUT2D eigenvalue weighted by atomic mass is 32.1. The minimum atomic E-state index is -0.0268. The molecular weight excluding hydrogens is 386 g/mol. The number of pyridine rings is 1. The second-order valence-electron chi connectivity index (χ2n) is 7.15. The molecule has 0 aliphatic carbocycles. The number of aromatic nitrogens is 5. The molecule has 0 aromatic carbocycles. The van der Waals surface area contributed by atoms with Crippen LogP contribution in [-0.2, 0) is 4.74 Å². The molecule has 0 saturated carbocycles. The second-order valence-corrected chi connectivity index (χ2v) is 7.53. The maximum absolute atomic E-state index is 5.72. The maximum Gasteiger partial charge on any atom is 0.170 e. The molecule has 9 heteroatoms. The van der Waals surface area contributed by atoms with Crippen LogP contribution < -0.4 is 5.32 Å². The third-order valence-electron chi connectivity index (χ3n) is 5.34. The summed E-state index contributed by atoms with van der Waals surface area (Å²) in [5, 5.41) is 12.1. The third-order valence-corrected chi connectivity index (χ3v) is 5.69. The van der Waals surface area contributed by atoms with E-state index < -0.39 is 0 Å². The Morgan fingerprint density at radius 3 is 2.69 bits per heavy atom. The van der Waals surface area contributed by atoms with Crippen LogP contribution >= 0.6 is 12.2 Å². The van der Waals surface area contributed by atoms with E-state index in [0.717, 1.165) is 35.2 Å². The number of hydrogen-bond donors (Lipinski definition) is 1. The zero-order valence-electron chi connectivity index (χ0n) is 16.8. The molecule has 4 heterocycles. The van der Waals surface area contributed by atoms with Gasteiger partial charge in [0.1, 0.15) is 12.7 Å². The minimum Gasteiger partial charge on any atom is -0.385 e. The Morgan fingerprint density at radius 1 is 1.21 bits per heavy atom. The summed E-state index contributed by atoms with van der Waals surface area (Å²) in [7, 11) is 1.72. The molecule has 3 aromatic heterocycles. The van der Waals surface area contributed by atoms with Crippen molar-refractivity contribution in [1.29, 1.82) is 0 Å². The Hall–Kier alpha value is -2.78. The first-order chi connectivity index (χ1) is 14.1. The number of nitrogens with zero attached hydrogens (tertiary/aromatic N) is 6. The first-order valence-electron chi connectivity index (χ1n) is 9.63. The molecule has 3 aromatic rings. The molecule has 2 atom stereocenters. The van der Waals surface area contributed by atoms with E-state index in [1.807, 2.05) is 29.1 Å². The summed E-state index contributed by atoms with van der Waals surface area (Å²) in [5.74, 6) is 0. The Labute approximate surface area is 175 Å². The van der Waals surface area contributed by atoms with Crippen LogP contribution in [0.5, 0.6) is 0 Å². The van der Waals surface area contributed by atoms with Crippen LogP contribution in [0.3, 0.4) is 0 Å². The van der Waals surface area contributed by atoms with Gasteiger partial charge in [0, 0.05) is 43.4 Å². The second kappa shape index (κ2) is 8.30. The molecule has 8 nitrogen and oxygen atoms in total. The molecule has 1 fully saturated rings. The largest absolute Gasteiger partial charge is 0.385 e. The molecule has 0 spiro atoms. The van der Waals surface area contributed by atoms with E-state index >= 15 is 0 Å². The van der Waals surface area contributed by atoms with Crippen LogP contribution in [0.2, 0.25) is 0 Å². The summed E-state index contributed by atoms with van der Waals surface area (Å²) in [4.78, 5) is 6.86. The predicted octanol–water partition coefficient (Wildman–Crippen LogP) is 2.41. The third kappa shape index (κ3) is 3.63. The highest BCUT2D eigenvalue weighted by Gasteiger charge is 2.41. The van der Waals surface area contributed by atoms with Gasteiger partial charge in [-0.15, -0.1) is 10.2 Å². The minimum absolute atomic E-state index is 0.0268. The molecule has 1 saturated heterocycles. The number of hydrogen-bond acceptors (Lipinski definition) is 5. The summed E-state index contributed by atoms with van der Waals surface area (Å²) >= 11 is 5.72. The lowest BCUT2D eigenvalue weighted by Crippen LogP contribution is -2.31. The van der Waals surface area contributed by atoms with E-state index in [1.165, 1.54) is 5.56 Å². The van der Waals surface area contributed by atoms with Crippen LogP contribution in [0.1, 0.15) is 41.1 Å². The van der Waals surface area contributed by atoms with E-state index in [9.17, 15) is 0 Å². The molecule has 29 heavy (non-hydrogen) atoms. The zero-order valence-corrected chi connectivity index (χ0v) is 17.6. The van der Waals surface area contributed by atoms with Gasteiger partial charge in [0.25, 0.3) is 0 Å². The molecule has 1 N–H and O–H groups in total. The first kappa shape index (κ1) is 19.5. The van der Waals surface area contributed by atoms with Gasteiger partial charge in [0.15, 0.2) is 5.11 Å². The van der Waals surface area contributed by atoms with Crippen LogP contribution in [-0.4, -0.2) is 54.8 Å². The quantitative estimate of drug-likeness (QED) is 0.473. The van der Waals surface area contributed by atoms with Gasteiger partial charge in [-0.25, -0.2) is 4.68 Å². The van der Waals surface area contributed by atoms with Gasteiger partial charge in [-0.1, -0.05) is 6.07 Å². The average Bonchev–Trinajstić information content (AvgIpc) is 3.42. The van der Waals surface area contributed by atoms with Crippen molar-refractivity contribution in [3.63, 3.8) is 0 Å². The number of methoxy groups -OCH3 is 1. The van der Waals surface area contributed by atoms with E-state index in [1.54, 1.807) is 19.8 Å². The highest BCUT2D eigenvalue weighted by Crippen LogP contribution is 2.40. The van der Waals surface area contributed by atoms with Crippen LogP contribution in [0.4, 0.5) is 0 Å². The van der Waals surface area contributed by atoms with Gasteiger partial charge in [-0.2, -0.15) is 0 Å². The normalized spacial score (nSPS) is 19.0. The summed E-state index contributed by atoms with van der Waals surface area (Å²) in [6.45, 7) is 5.71. The fourth-order valence-corrected chi connectivity index (χ4v) is 4.43. The molecule has 4 rings (SSSR count). The molecule has 0 radical (unpaired) electrons. The van der Waals surface area contributed by atoms with Crippen molar-refractivity contribution in [1.82, 2.24) is 34.8 Å². The first-order valence-corrected chi connectivity index (χ1v) is 10.0. The molecule has 0 amide bonds. The predicted molar refractivity (Wildman–Crippen MR) is 113 cm³/mol.